The minimum Gasteiger partial charge on any atom is -0.353 e. The van der Waals surface area contributed by atoms with Crippen LogP contribution in [0.25, 0.3) is 0 Å². The number of hydrogen-bond donors (Lipinski definition) is 1. The fourth-order valence-corrected chi connectivity index (χ4v) is 3.52. The molecule has 0 aliphatic carbocycles. The number of nitrogens with zero attached hydrogens (tertiary/aromatic N) is 5. The second kappa shape index (κ2) is 7.57. The molecule has 3 heterocycles. The van der Waals surface area contributed by atoms with Crippen molar-refractivity contribution < 1.29 is 4.79 Å². The van der Waals surface area contributed by atoms with Gasteiger partial charge < -0.3 is 15.1 Å². The lowest BCUT2D eigenvalue weighted by Gasteiger charge is -2.36. The molecular weight excluding hydrogens is 324 g/mol. The van der Waals surface area contributed by atoms with E-state index >= 15 is 0 Å². The molecule has 24 heavy (non-hydrogen) atoms. The van der Waals surface area contributed by atoms with Gasteiger partial charge in [-0.3, -0.25) is 0 Å². The molecular formula is C16H22N6OS. The number of urea groups is 1. The molecule has 0 saturated carbocycles. The van der Waals surface area contributed by atoms with Gasteiger partial charge in [-0.15, -0.1) is 11.3 Å². The number of anilines is 1. The number of aryl methyl sites for hydroxylation is 1. The van der Waals surface area contributed by atoms with Gasteiger partial charge in [0.15, 0.2) is 0 Å². The number of piperazine rings is 1. The van der Waals surface area contributed by atoms with Crippen molar-refractivity contribution in [3.63, 3.8) is 0 Å². The summed E-state index contributed by atoms with van der Waals surface area (Å²) in [7, 11) is 0. The Labute approximate surface area is 145 Å². The second-order valence-electron chi connectivity index (χ2n) is 5.72. The van der Waals surface area contributed by atoms with E-state index in [9.17, 15) is 4.79 Å². The van der Waals surface area contributed by atoms with E-state index in [1.165, 1.54) is 0 Å². The van der Waals surface area contributed by atoms with Crippen LogP contribution >= 0.6 is 11.3 Å². The minimum atomic E-state index is -0.0180. The van der Waals surface area contributed by atoms with Gasteiger partial charge in [0, 0.05) is 44.0 Å². The van der Waals surface area contributed by atoms with Gasteiger partial charge in [-0.05, 0) is 19.4 Å². The molecule has 0 spiro atoms. The molecule has 1 atom stereocenters. The van der Waals surface area contributed by atoms with Gasteiger partial charge in [-0.2, -0.15) is 0 Å². The van der Waals surface area contributed by atoms with Crippen molar-refractivity contribution in [2.75, 3.05) is 31.1 Å². The van der Waals surface area contributed by atoms with Gasteiger partial charge in [-0.25, -0.2) is 19.7 Å². The summed E-state index contributed by atoms with van der Waals surface area (Å²) in [5.74, 6) is 1.69. The Bertz CT molecular complexity index is 669. The Balaban J connectivity index is 1.55. The summed E-state index contributed by atoms with van der Waals surface area (Å²) in [4.78, 5) is 29.4. The fourth-order valence-electron chi connectivity index (χ4n) is 2.74. The highest BCUT2D eigenvalue weighted by molar-refractivity contribution is 7.09. The number of thiazole rings is 1. The summed E-state index contributed by atoms with van der Waals surface area (Å²) < 4.78 is 0. The first-order valence-electron chi connectivity index (χ1n) is 8.16. The van der Waals surface area contributed by atoms with Gasteiger partial charge in [0.1, 0.15) is 16.6 Å². The zero-order valence-corrected chi connectivity index (χ0v) is 14.8. The number of rotatable bonds is 4. The van der Waals surface area contributed by atoms with Gasteiger partial charge in [0.05, 0.1) is 6.04 Å². The van der Waals surface area contributed by atoms with Crippen molar-refractivity contribution in [3.05, 3.63) is 34.7 Å². The number of hydrogen-bond acceptors (Lipinski definition) is 6. The third kappa shape index (κ3) is 3.81. The number of amides is 2. The lowest BCUT2D eigenvalue weighted by Crippen LogP contribution is -2.52. The van der Waals surface area contributed by atoms with Crippen LogP contribution in [0.3, 0.4) is 0 Å². The van der Waals surface area contributed by atoms with Gasteiger partial charge in [0.2, 0.25) is 0 Å². The maximum absolute atomic E-state index is 12.5. The number of nitrogens with one attached hydrogen (secondary N) is 1. The van der Waals surface area contributed by atoms with Gasteiger partial charge >= 0.3 is 6.03 Å². The Morgan fingerprint density at radius 3 is 2.71 bits per heavy atom. The predicted octanol–water partition coefficient (Wildman–Crippen LogP) is 2.22. The van der Waals surface area contributed by atoms with Crippen LogP contribution in [0.15, 0.2) is 23.8 Å². The highest BCUT2D eigenvalue weighted by Crippen LogP contribution is 2.19. The van der Waals surface area contributed by atoms with Crippen LogP contribution in [0.2, 0.25) is 0 Å². The molecule has 1 saturated heterocycles. The summed E-state index contributed by atoms with van der Waals surface area (Å²) in [5.41, 5.74) is 0. The van der Waals surface area contributed by atoms with Crippen LogP contribution in [-0.2, 0) is 0 Å². The molecule has 128 valence electrons. The van der Waals surface area contributed by atoms with E-state index in [4.69, 9.17) is 0 Å². The maximum Gasteiger partial charge on any atom is 0.318 e. The molecule has 0 unspecified atom stereocenters. The molecule has 0 bridgehead atoms. The van der Waals surface area contributed by atoms with Crippen molar-refractivity contribution >= 4 is 23.2 Å². The number of carbonyl (C=O) groups is 1. The summed E-state index contributed by atoms with van der Waals surface area (Å²) in [5, 5.41) is 5.99. The Morgan fingerprint density at radius 1 is 1.29 bits per heavy atom. The van der Waals surface area contributed by atoms with Crippen molar-refractivity contribution in [1.29, 1.82) is 0 Å². The first-order valence-corrected chi connectivity index (χ1v) is 9.04. The maximum atomic E-state index is 12.5. The largest absolute Gasteiger partial charge is 0.353 e. The van der Waals surface area contributed by atoms with Crippen LogP contribution < -0.4 is 10.2 Å². The SMILES string of the molecule is CC[C@@H](NC(=O)N1CCN(c2ccnc(C)n2)CC1)c1nccs1. The van der Waals surface area contributed by atoms with E-state index in [1.807, 2.05) is 23.3 Å². The van der Waals surface area contributed by atoms with Crippen molar-refractivity contribution in [3.8, 4) is 0 Å². The van der Waals surface area contributed by atoms with Crippen LogP contribution in [0.4, 0.5) is 10.6 Å². The first-order chi connectivity index (χ1) is 11.7. The van der Waals surface area contributed by atoms with E-state index in [-0.39, 0.29) is 12.1 Å². The Kier molecular flexibility index (Phi) is 5.24. The molecule has 2 aromatic rings. The van der Waals surface area contributed by atoms with E-state index < -0.39 is 0 Å². The molecule has 3 rings (SSSR count). The van der Waals surface area contributed by atoms with E-state index in [0.717, 1.165) is 36.2 Å². The molecule has 0 radical (unpaired) electrons. The van der Waals surface area contributed by atoms with Crippen molar-refractivity contribution in [2.45, 2.75) is 26.3 Å². The Hall–Kier alpha value is -2.22. The van der Waals surface area contributed by atoms with Crippen molar-refractivity contribution in [1.82, 2.24) is 25.2 Å². The Morgan fingerprint density at radius 2 is 2.08 bits per heavy atom. The standard InChI is InChI=1S/C16H22N6OS/c1-3-13(15-18-6-11-24-15)20-16(23)22-9-7-21(8-10-22)14-4-5-17-12(2)19-14/h4-6,11,13H,3,7-10H2,1-2H3,(H,20,23)/t13-/m1/s1. The molecule has 1 aliphatic heterocycles. The number of aromatic nitrogens is 3. The second-order valence-corrected chi connectivity index (χ2v) is 6.64. The summed E-state index contributed by atoms with van der Waals surface area (Å²) >= 11 is 1.58. The fraction of sp³-hybridized carbons (Fsp3) is 0.500. The third-order valence-electron chi connectivity index (χ3n) is 4.11. The summed E-state index contributed by atoms with van der Waals surface area (Å²) in [6.07, 6.45) is 4.38. The van der Waals surface area contributed by atoms with Gasteiger partial charge in [-0.1, -0.05) is 6.92 Å². The van der Waals surface area contributed by atoms with Crippen LogP contribution in [-0.4, -0.2) is 52.1 Å². The molecule has 1 N–H and O–H groups in total. The third-order valence-corrected chi connectivity index (χ3v) is 5.00. The zero-order chi connectivity index (χ0) is 16.9. The summed E-state index contributed by atoms with van der Waals surface area (Å²) in [6.45, 7) is 6.86. The average Bonchev–Trinajstić information content (AvgIpc) is 3.14. The van der Waals surface area contributed by atoms with E-state index in [0.29, 0.717) is 13.1 Å². The normalized spacial score (nSPS) is 16.1. The highest BCUT2D eigenvalue weighted by Gasteiger charge is 2.24. The van der Waals surface area contributed by atoms with E-state index in [1.54, 1.807) is 23.7 Å². The topological polar surface area (TPSA) is 74.2 Å². The lowest BCUT2D eigenvalue weighted by molar-refractivity contribution is 0.189. The van der Waals surface area contributed by atoms with Crippen LogP contribution in [0, 0.1) is 6.92 Å². The van der Waals surface area contributed by atoms with Crippen LogP contribution in [0.5, 0.6) is 0 Å². The summed E-state index contributed by atoms with van der Waals surface area (Å²) in [6, 6.07) is 1.88. The molecule has 2 amide bonds. The van der Waals surface area contributed by atoms with Crippen LogP contribution in [0.1, 0.15) is 30.2 Å². The zero-order valence-electron chi connectivity index (χ0n) is 14.0. The molecule has 7 nitrogen and oxygen atoms in total. The molecule has 8 heteroatoms. The van der Waals surface area contributed by atoms with Crippen molar-refractivity contribution in [2.24, 2.45) is 0 Å². The van der Waals surface area contributed by atoms with E-state index in [2.05, 4.69) is 32.1 Å². The smallest absolute Gasteiger partial charge is 0.318 e. The predicted molar refractivity (Wildman–Crippen MR) is 94.2 cm³/mol. The average molecular weight is 346 g/mol. The quantitative estimate of drug-likeness (QED) is 0.919. The molecule has 1 aliphatic rings. The monoisotopic (exact) mass is 346 g/mol. The molecule has 1 fully saturated rings. The first kappa shape index (κ1) is 16.6. The van der Waals surface area contributed by atoms with Gasteiger partial charge in [0.25, 0.3) is 0 Å². The number of carbonyl (C=O) groups excluding carboxylic acids is 1. The molecule has 2 aromatic heterocycles. The lowest BCUT2D eigenvalue weighted by atomic mass is 10.2. The molecule has 0 aromatic carbocycles. The minimum absolute atomic E-state index is 0.0138. The highest BCUT2D eigenvalue weighted by atomic mass is 32.1.